The van der Waals surface area contributed by atoms with Gasteiger partial charge in [-0.05, 0) is 54.3 Å². The predicted octanol–water partition coefficient (Wildman–Crippen LogP) is 4.26. The number of thiophene rings is 1. The molecule has 0 saturated heterocycles. The molecule has 3 rings (SSSR count). The zero-order valence-electron chi connectivity index (χ0n) is 14.0. The number of ether oxygens (including phenoxy) is 1. The Morgan fingerprint density at radius 3 is 2.83 bits per heavy atom. The van der Waals surface area contributed by atoms with Crippen molar-refractivity contribution in [2.45, 2.75) is 20.3 Å². The van der Waals surface area contributed by atoms with Gasteiger partial charge in [0.05, 0.1) is 0 Å². The average molecular weight is 339 g/mol. The predicted molar refractivity (Wildman–Crippen MR) is 99.9 cm³/mol. The van der Waals surface area contributed by atoms with Gasteiger partial charge in [-0.15, -0.1) is 11.3 Å². The van der Waals surface area contributed by atoms with Crippen LogP contribution in [-0.4, -0.2) is 19.1 Å². The number of carbonyl (C=O) groups excluding carboxylic acids is 1. The zero-order chi connectivity index (χ0) is 16.9. The maximum Gasteiger partial charge on any atom is 0.257 e. The second-order valence-electron chi connectivity index (χ2n) is 5.91. The lowest BCUT2D eigenvalue weighted by molar-refractivity contribution is -0.123. The van der Waals surface area contributed by atoms with Gasteiger partial charge in [-0.2, -0.15) is 0 Å². The highest BCUT2D eigenvalue weighted by molar-refractivity contribution is 7.17. The molecule has 0 saturated carbocycles. The van der Waals surface area contributed by atoms with Crippen LogP contribution in [0.1, 0.15) is 16.7 Å². The molecule has 0 aliphatic carbocycles. The molecule has 124 valence electrons. The lowest BCUT2D eigenvalue weighted by Crippen LogP contribution is -2.30. The van der Waals surface area contributed by atoms with Crippen LogP contribution in [-0.2, 0) is 11.2 Å². The standard InChI is InChI=1S/C20H21NO2S/c1-14-7-8-18(15(2)11-14)23-12-20(22)21-10-9-16-13-24-19-6-4-3-5-17(16)19/h3-8,11,13H,9-10,12H2,1-2H3,(H,21,22). The zero-order valence-corrected chi connectivity index (χ0v) is 14.8. The third-order valence-corrected chi connectivity index (χ3v) is 4.98. The van der Waals surface area contributed by atoms with Crippen molar-refractivity contribution >= 4 is 27.3 Å². The summed E-state index contributed by atoms with van der Waals surface area (Å²) in [7, 11) is 0. The second-order valence-corrected chi connectivity index (χ2v) is 6.83. The van der Waals surface area contributed by atoms with E-state index in [1.165, 1.54) is 21.2 Å². The molecule has 1 amide bonds. The van der Waals surface area contributed by atoms with E-state index < -0.39 is 0 Å². The number of nitrogens with one attached hydrogen (secondary N) is 1. The van der Waals surface area contributed by atoms with Crippen LogP contribution in [0.25, 0.3) is 10.1 Å². The van der Waals surface area contributed by atoms with Gasteiger partial charge in [0, 0.05) is 11.2 Å². The number of amides is 1. The van der Waals surface area contributed by atoms with Crippen molar-refractivity contribution in [3.63, 3.8) is 0 Å². The van der Waals surface area contributed by atoms with E-state index >= 15 is 0 Å². The van der Waals surface area contributed by atoms with Gasteiger partial charge < -0.3 is 10.1 Å². The van der Waals surface area contributed by atoms with Gasteiger partial charge in [0.1, 0.15) is 5.75 Å². The van der Waals surface area contributed by atoms with Gasteiger partial charge in [-0.1, -0.05) is 35.9 Å². The Morgan fingerprint density at radius 2 is 2.00 bits per heavy atom. The van der Waals surface area contributed by atoms with Crippen molar-refractivity contribution in [2.75, 3.05) is 13.2 Å². The van der Waals surface area contributed by atoms with Crippen molar-refractivity contribution in [3.8, 4) is 5.75 Å². The Morgan fingerprint density at radius 1 is 1.17 bits per heavy atom. The number of fused-ring (bicyclic) bond motifs is 1. The summed E-state index contributed by atoms with van der Waals surface area (Å²) < 4.78 is 6.89. The SMILES string of the molecule is Cc1ccc(OCC(=O)NCCc2csc3ccccc23)c(C)c1. The molecular weight excluding hydrogens is 318 g/mol. The van der Waals surface area contributed by atoms with E-state index in [1.807, 2.05) is 26.0 Å². The van der Waals surface area contributed by atoms with Crippen LogP contribution in [0.15, 0.2) is 47.8 Å². The van der Waals surface area contributed by atoms with E-state index in [1.54, 1.807) is 11.3 Å². The van der Waals surface area contributed by atoms with Crippen LogP contribution in [0.4, 0.5) is 0 Å². The summed E-state index contributed by atoms with van der Waals surface area (Å²) in [6, 6.07) is 14.3. The molecule has 1 aromatic heterocycles. The summed E-state index contributed by atoms with van der Waals surface area (Å²) in [6.45, 7) is 4.70. The number of hydrogen-bond donors (Lipinski definition) is 1. The summed E-state index contributed by atoms with van der Waals surface area (Å²) in [4.78, 5) is 12.0. The Balaban J connectivity index is 1.47. The molecule has 2 aromatic carbocycles. The van der Waals surface area contributed by atoms with Crippen LogP contribution in [0, 0.1) is 13.8 Å². The Labute approximate surface area is 146 Å². The molecule has 0 aliphatic heterocycles. The molecule has 1 heterocycles. The first-order chi connectivity index (χ1) is 11.6. The third kappa shape index (κ3) is 3.95. The molecule has 0 radical (unpaired) electrons. The van der Waals surface area contributed by atoms with Crippen molar-refractivity contribution in [2.24, 2.45) is 0 Å². The van der Waals surface area contributed by atoms with Crippen LogP contribution >= 0.6 is 11.3 Å². The lowest BCUT2D eigenvalue weighted by atomic mass is 10.1. The molecule has 4 heteroatoms. The fourth-order valence-corrected chi connectivity index (χ4v) is 3.72. The largest absolute Gasteiger partial charge is 0.484 e. The second kappa shape index (κ2) is 7.49. The number of carbonyl (C=O) groups is 1. The molecule has 0 bridgehead atoms. The number of benzene rings is 2. The molecule has 3 nitrogen and oxygen atoms in total. The molecular formula is C20H21NO2S. The molecule has 0 aliphatic rings. The molecule has 1 N–H and O–H groups in total. The van der Waals surface area contributed by atoms with Crippen molar-refractivity contribution in [3.05, 3.63) is 64.5 Å². The van der Waals surface area contributed by atoms with Gasteiger partial charge in [-0.25, -0.2) is 0 Å². The average Bonchev–Trinajstić information content (AvgIpc) is 2.97. The Bertz CT molecular complexity index is 854. The van der Waals surface area contributed by atoms with Gasteiger partial charge in [0.15, 0.2) is 6.61 Å². The number of rotatable bonds is 6. The summed E-state index contributed by atoms with van der Waals surface area (Å²) >= 11 is 1.75. The fraction of sp³-hybridized carbons (Fsp3) is 0.250. The topological polar surface area (TPSA) is 38.3 Å². The molecule has 0 unspecified atom stereocenters. The summed E-state index contributed by atoms with van der Waals surface area (Å²) in [5.41, 5.74) is 3.52. The highest BCUT2D eigenvalue weighted by Gasteiger charge is 2.07. The van der Waals surface area contributed by atoms with Crippen LogP contribution < -0.4 is 10.1 Å². The monoisotopic (exact) mass is 339 g/mol. The van der Waals surface area contributed by atoms with E-state index in [9.17, 15) is 4.79 Å². The first-order valence-electron chi connectivity index (χ1n) is 8.05. The summed E-state index contributed by atoms with van der Waals surface area (Å²) in [5.74, 6) is 0.675. The minimum absolute atomic E-state index is 0.0499. The van der Waals surface area contributed by atoms with Crippen molar-refractivity contribution in [1.82, 2.24) is 5.32 Å². The van der Waals surface area contributed by atoms with E-state index in [-0.39, 0.29) is 12.5 Å². The summed E-state index contributed by atoms with van der Waals surface area (Å²) in [5, 5.41) is 6.38. The smallest absolute Gasteiger partial charge is 0.257 e. The first-order valence-corrected chi connectivity index (χ1v) is 8.93. The summed E-state index contributed by atoms with van der Waals surface area (Å²) in [6.07, 6.45) is 0.833. The van der Waals surface area contributed by atoms with E-state index in [0.29, 0.717) is 6.54 Å². The number of aryl methyl sites for hydroxylation is 2. The minimum Gasteiger partial charge on any atom is -0.484 e. The Kier molecular flexibility index (Phi) is 5.16. The quantitative estimate of drug-likeness (QED) is 0.729. The van der Waals surface area contributed by atoms with Gasteiger partial charge in [-0.3, -0.25) is 4.79 Å². The molecule has 0 spiro atoms. The normalized spacial score (nSPS) is 10.8. The van der Waals surface area contributed by atoms with E-state index in [0.717, 1.165) is 17.7 Å². The van der Waals surface area contributed by atoms with E-state index in [4.69, 9.17) is 4.74 Å². The highest BCUT2D eigenvalue weighted by atomic mass is 32.1. The van der Waals surface area contributed by atoms with Crippen molar-refractivity contribution < 1.29 is 9.53 Å². The Hall–Kier alpha value is -2.33. The molecule has 24 heavy (non-hydrogen) atoms. The first kappa shape index (κ1) is 16.5. The minimum atomic E-state index is -0.0884. The van der Waals surface area contributed by atoms with Gasteiger partial charge in [0.25, 0.3) is 5.91 Å². The third-order valence-electron chi connectivity index (χ3n) is 3.97. The van der Waals surface area contributed by atoms with Crippen molar-refractivity contribution in [1.29, 1.82) is 0 Å². The maximum atomic E-state index is 12.0. The van der Waals surface area contributed by atoms with Crippen LogP contribution in [0.5, 0.6) is 5.75 Å². The molecule has 0 fully saturated rings. The van der Waals surface area contributed by atoms with Gasteiger partial charge >= 0.3 is 0 Å². The van der Waals surface area contributed by atoms with Crippen LogP contribution in [0.3, 0.4) is 0 Å². The molecule has 0 atom stereocenters. The number of hydrogen-bond acceptors (Lipinski definition) is 3. The molecule has 3 aromatic rings. The maximum absolute atomic E-state index is 12.0. The fourth-order valence-electron chi connectivity index (χ4n) is 2.72. The van der Waals surface area contributed by atoms with Crippen LogP contribution in [0.2, 0.25) is 0 Å². The lowest BCUT2D eigenvalue weighted by Gasteiger charge is -2.10. The van der Waals surface area contributed by atoms with Gasteiger partial charge in [0.2, 0.25) is 0 Å². The van der Waals surface area contributed by atoms with E-state index in [2.05, 4.69) is 41.0 Å². The highest BCUT2D eigenvalue weighted by Crippen LogP contribution is 2.25.